The van der Waals surface area contributed by atoms with Crippen LogP contribution in [0, 0.1) is 6.92 Å². The molecule has 3 heterocycles. The zero-order valence-electron chi connectivity index (χ0n) is 14.4. The smallest absolute Gasteiger partial charge is 0.253 e. The Labute approximate surface area is 160 Å². The summed E-state index contributed by atoms with van der Waals surface area (Å²) in [5.74, 6) is 2.09. The van der Waals surface area contributed by atoms with E-state index in [1.54, 1.807) is 23.0 Å². The van der Waals surface area contributed by atoms with Crippen LogP contribution in [0.4, 0.5) is 0 Å². The Morgan fingerprint density at radius 2 is 2.19 bits per heavy atom. The molecular formula is C19H19N3O2S2. The van der Waals surface area contributed by atoms with Gasteiger partial charge in [0.2, 0.25) is 0 Å². The van der Waals surface area contributed by atoms with Crippen molar-refractivity contribution in [1.82, 2.24) is 5.01 Å². The number of hydrazone groups is 1. The first-order valence-corrected chi connectivity index (χ1v) is 10.5. The van der Waals surface area contributed by atoms with Crippen LogP contribution < -0.4 is 0 Å². The van der Waals surface area contributed by atoms with E-state index in [-0.39, 0.29) is 11.9 Å². The largest absolute Gasteiger partial charge is 0.467 e. The number of thioether (sulfide) groups is 2. The van der Waals surface area contributed by atoms with Gasteiger partial charge in [0.25, 0.3) is 5.91 Å². The molecule has 1 atom stereocenters. The van der Waals surface area contributed by atoms with E-state index in [0.29, 0.717) is 12.2 Å². The number of nitrogens with zero attached hydrogens (tertiary/aromatic N) is 3. The third kappa shape index (κ3) is 3.73. The molecule has 0 radical (unpaired) electrons. The van der Waals surface area contributed by atoms with Crippen molar-refractivity contribution < 1.29 is 9.21 Å². The number of amides is 1. The van der Waals surface area contributed by atoms with Gasteiger partial charge in [0.1, 0.15) is 16.2 Å². The summed E-state index contributed by atoms with van der Waals surface area (Å²) in [6.45, 7) is 2.90. The molecule has 4 rings (SSSR count). The number of hydrogen-bond donors (Lipinski definition) is 0. The summed E-state index contributed by atoms with van der Waals surface area (Å²) >= 11 is 3.21. The Kier molecular flexibility index (Phi) is 5.17. The molecule has 0 N–H and O–H groups in total. The van der Waals surface area contributed by atoms with E-state index >= 15 is 0 Å². The number of furan rings is 1. The second-order valence-corrected chi connectivity index (χ2v) is 8.48. The standard InChI is InChI=1S/C19H19N3O2S2/c1-13-4-6-14(7-5-13)15-11-16(17-3-2-9-24-17)22(21-15)18(23)12-26-19-20-8-10-25-19/h2-7,9,16H,8,10-12H2,1H3/t16-/m0/s1. The summed E-state index contributed by atoms with van der Waals surface area (Å²) in [6.07, 6.45) is 2.29. The average Bonchev–Trinajstić information content (AvgIpc) is 3.41. The van der Waals surface area contributed by atoms with Gasteiger partial charge in [-0.15, -0.1) is 0 Å². The highest BCUT2D eigenvalue weighted by molar-refractivity contribution is 8.39. The maximum atomic E-state index is 12.8. The summed E-state index contributed by atoms with van der Waals surface area (Å²) in [5, 5.41) is 6.24. The predicted octanol–water partition coefficient (Wildman–Crippen LogP) is 4.10. The van der Waals surface area contributed by atoms with Crippen molar-refractivity contribution in [1.29, 1.82) is 0 Å². The van der Waals surface area contributed by atoms with Gasteiger partial charge in [-0.05, 0) is 24.6 Å². The Morgan fingerprint density at radius 1 is 1.35 bits per heavy atom. The number of benzene rings is 1. The molecule has 2 aliphatic heterocycles. The fraction of sp³-hybridized carbons (Fsp3) is 0.316. The lowest BCUT2D eigenvalue weighted by Crippen LogP contribution is -2.28. The number of aryl methyl sites for hydroxylation is 1. The van der Waals surface area contributed by atoms with Gasteiger partial charge in [0, 0.05) is 12.2 Å². The first-order chi connectivity index (χ1) is 12.7. The van der Waals surface area contributed by atoms with E-state index in [1.165, 1.54) is 17.3 Å². The molecule has 134 valence electrons. The second kappa shape index (κ2) is 7.72. The minimum absolute atomic E-state index is 0.0197. The van der Waals surface area contributed by atoms with Gasteiger partial charge in [-0.2, -0.15) is 5.10 Å². The minimum atomic E-state index is -0.187. The molecule has 2 aromatic rings. The monoisotopic (exact) mass is 385 g/mol. The first kappa shape index (κ1) is 17.4. The topological polar surface area (TPSA) is 58.2 Å². The van der Waals surface area contributed by atoms with Gasteiger partial charge in [-0.25, -0.2) is 5.01 Å². The van der Waals surface area contributed by atoms with Gasteiger partial charge < -0.3 is 4.42 Å². The van der Waals surface area contributed by atoms with Crippen LogP contribution in [0.15, 0.2) is 57.2 Å². The molecule has 0 unspecified atom stereocenters. The predicted molar refractivity (Wildman–Crippen MR) is 108 cm³/mol. The van der Waals surface area contributed by atoms with Crippen molar-refractivity contribution in [2.45, 2.75) is 19.4 Å². The van der Waals surface area contributed by atoms with Gasteiger partial charge in [-0.3, -0.25) is 9.79 Å². The fourth-order valence-corrected chi connectivity index (χ4v) is 4.82. The fourth-order valence-electron chi connectivity index (χ4n) is 2.96. The Bertz CT molecular complexity index is 844. The zero-order chi connectivity index (χ0) is 17.9. The molecule has 0 aliphatic carbocycles. The number of aliphatic imine (C=N–C) groups is 1. The quantitative estimate of drug-likeness (QED) is 0.795. The van der Waals surface area contributed by atoms with E-state index in [4.69, 9.17) is 4.42 Å². The molecule has 1 amide bonds. The van der Waals surface area contributed by atoms with Crippen LogP contribution in [0.5, 0.6) is 0 Å². The van der Waals surface area contributed by atoms with Crippen LogP contribution in [0.25, 0.3) is 0 Å². The summed E-state index contributed by atoms with van der Waals surface area (Å²) < 4.78 is 6.57. The molecule has 1 aromatic carbocycles. The van der Waals surface area contributed by atoms with Crippen LogP contribution >= 0.6 is 23.5 Å². The number of rotatable bonds is 4. The third-order valence-corrected chi connectivity index (χ3v) is 6.54. The molecule has 0 bridgehead atoms. The molecule has 0 spiro atoms. The molecule has 5 nitrogen and oxygen atoms in total. The maximum Gasteiger partial charge on any atom is 0.253 e. The maximum absolute atomic E-state index is 12.8. The van der Waals surface area contributed by atoms with Crippen LogP contribution in [0.1, 0.15) is 29.3 Å². The lowest BCUT2D eigenvalue weighted by atomic mass is 10.0. The van der Waals surface area contributed by atoms with E-state index in [1.807, 2.05) is 12.1 Å². The highest BCUT2D eigenvalue weighted by atomic mass is 32.2. The molecule has 0 saturated carbocycles. The van der Waals surface area contributed by atoms with Crippen molar-refractivity contribution in [2.24, 2.45) is 10.1 Å². The average molecular weight is 386 g/mol. The van der Waals surface area contributed by atoms with Crippen molar-refractivity contribution in [2.75, 3.05) is 18.1 Å². The van der Waals surface area contributed by atoms with E-state index in [2.05, 4.69) is 41.3 Å². The number of hydrogen-bond acceptors (Lipinski definition) is 6. The summed E-state index contributed by atoms with van der Waals surface area (Å²) in [5.41, 5.74) is 3.16. The normalized spacial score (nSPS) is 19.6. The second-order valence-electron chi connectivity index (χ2n) is 6.17. The molecule has 1 aromatic heterocycles. The van der Waals surface area contributed by atoms with Crippen molar-refractivity contribution >= 4 is 39.5 Å². The Hall–Kier alpha value is -1.99. The summed E-state index contributed by atoms with van der Waals surface area (Å²) in [4.78, 5) is 17.2. The number of carbonyl (C=O) groups is 1. The van der Waals surface area contributed by atoms with E-state index in [0.717, 1.165) is 33.7 Å². The van der Waals surface area contributed by atoms with Crippen molar-refractivity contribution in [3.63, 3.8) is 0 Å². The lowest BCUT2D eigenvalue weighted by molar-refractivity contribution is -0.130. The summed E-state index contributed by atoms with van der Waals surface area (Å²) in [7, 11) is 0. The third-order valence-electron chi connectivity index (χ3n) is 4.30. The van der Waals surface area contributed by atoms with E-state index < -0.39 is 0 Å². The summed E-state index contributed by atoms with van der Waals surface area (Å²) in [6, 6.07) is 11.8. The van der Waals surface area contributed by atoms with Gasteiger partial charge in [-0.1, -0.05) is 53.4 Å². The van der Waals surface area contributed by atoms with Crippen LogP contribution in [-0.4, -0.2) is 39.1 Å². The van der Waals surface area contributed by atoms with Crippen LogP contribution in [0.2, 0.25) is 0 Å². The molecule has 0 fully saturated rings. The molecule has 26 heavy (non-hydrogen) atoms. The van der Waals surface area contributed by atoms with Gasteiger partial charge >= 0.3 is 0 Å². The van der Waals surface area contributed by atoms with Crippen LogP contribution in [0.3, 0.4) is 0 Å². The van der Waals surface area contributed by atoms with Gasteiger partial charge in [0.05, 0.1) is 24.3 Å². The highest BCUT2D eigenvalue weighted by Crippen LogP contribution is 2.34. The molecule has 7 heteroatoms. The van der Waals surface area contributed by atoms with Crippen molar-refractivity contribution in [3.8, 4) is 0 Å². The minimum Gasteiger partial charge on any atom is -0.467 e. The molecule has 0 saturated heterocycles. The SMILES string of the molecule is Cc1ccc(C2=NN(C(=O)CSC3=NCCS3)[C@H](c3ccco3)C2)cc1. The Balaban J connectivity index is 1.55. The number of carbonyl (C=O) groups excluding carboxylic acids is 1. The lowest BCUT2D eigenvalue weighted by Gasteiger charge is -2.19. The van der Waals surface area contributed by atoms with E-state index in [9.17, 15) is 4.79 Å². The van der Waals surface area contributed by atoms with Crippen LogP contribution in [-0.2, 0) is 4.79 Å². The first-order valence-electron chi connectivity index (χ1n) is 8.51. The molecular weight excluding hydrogens is 366 g/mol. The van der Waals surface area contributed by atoms with Gasteiger partial charge in [0.15, 0.2) is 0 Å². The Morgan fingerprint density at radius 3 is 2.88 bits per heavy atom. The highest BCUT2D eigenvalue weighted by Gasteiger charge is 2.34. The zero-order valence-corrected chi connectivity index (χ0v) is 16.1. The molecule has 2 aliphatic rings. The van der Waals surface area contributed by atoms with Crippen molar-refractivity contribution in [3.05, 3.63) is 59.5 Å².